The molecule has 60 valence electrons. The van der Waals surface area contributed by atoms with Gasteiger partial charge in [-0.3, -0.25) is 9.69 Å². The summed E-state index contributed by atoms with van der Waals surface area (Å²) in [5.74, 6) is 0.104. The summed E-state index contributed by atoms with van der Waals surface area (Å²) in [7, 11) is 1.93. The predicted molar refractivity (Wildman–Crippen MR) is 41.9 cm³/mol. The van der Waals surface area contributed by atoms with Crippen LogP contribution < -0.4 is 5.32 Å². The van der Waals surface area contributed by atoms with E-state index in [1.807, 2.05) is 25.8 Å². The molecule has 0 saturated carbocycles. The molecule has 0 saturated heterocycles. The standard InChI is InChI=1S/C7H16N2O/c1-4-8-7(10)6-9(3)5-2/h4-6H2,1-3H3,(H,8,10). The lowest BCUT2D eigenvalue weighted by Crippen LogP contribution is -2.34. The number of rotatable bonds is 4. The highest BCUT2D eigenvalue weighted by atomic mass is 16.1. The van der Waals surface area contributed by atoms with Gasteiger partial charge in [-0.2, -0.15) is 0 Å². The zero-order valence-corrected chi connectivity index (χ0v) is 6.98. The number of hydrogen-bond acceptors (Lipinski definition) is 2. The first-order chi connectivity index (χ1) is 4.70. The summed E-state index contributed by atoms with van der Waals surface area (Å²) in [5.41, 5.74) is 0. The SMILES string of the molecule is CCNC(=O)CN(C)CC. The Labute approximate surface area is 62.4 Å². The lowest BCUT2D eigenvalue weighted by Gasteiger charge is -2.12. The van der Waals surface area contributed by atoms with Gasteiger partial charge in [0, 0.05) is 6.54 Å². The van der Waals surface area contributed by atoms with Crippen LogP contribution in [0.15, 0.2) is 0 Å². The summed E-state index contributed by atoms with van der Waals surface area (Å²) in [4.78, 5) is 12.8. The number of amides is 1. The van der Waals surface area contributed by atoms with E-state index in [2.05, 4.69) is 5.32 Å². The highest BCUT2D eigenvalue weighted by molar-refractivity contribution is 5.77. The zero-order valence-electron chi connectivity index (χ0n) is 6.98. The van der Waals surface area contributed by atoms with Crippen LogP contribution in [-0.4, -0.2) is 37.5 Å². The van der Waals surface area contributed by atoms with Gasteiger partial charge in [0.25, 0.3) is 0 Å². The van der Waals surface area contributed by atoms with Crippen molar-refractivity contribution < 1.29 is 4.79 Å². The Morgan fingerprint density at radius 3 is 2.50 bits per heavy atom. The molecule has 0 aliphatic heterocycles. The Bertz CT molecular complexity index is 104. The average Bonchev–Trinajstić information content (AvgIpc) is 1.88. The molecule has 0 radical (unpaired) electrons. The number of likely N-dealkylation sites (N-methyl/N-ethyl adjacent to an activating group) is 2. The molecule has 0 bridgehead atoms. The van der Waals surface area contributed by atoms with Crippen molar-refractivity contribution in [2.45, 2.75) is 13.8 Å². The van der Waals surface area contributed by atoms with Crippen molar-refractivity contribution in [3.63, 3.8) is 0 Å². The molecule has 0 rings (SSSR count). The normalized spacial score (nSPS) is 10.0. The Balaban J connectivity index is 3.37. The maximum atomic E-state index is 10.9. The van der Waals surface area contributed by atoms with Crippen LogP contribution in [0.4, 0.5) is 0 Å². The molecule has 0 aromatic carbocycles. The molecule has 0 unspecified atom stereocenters. The first-order valence-corrected chi connectivity index (χ1v) is 3.66. The number of nitrogens with zero attached hydrogens (tertiary/aromatic N) is 1. The third kappa shape index (κ3) is 4.32. The molecule has 0 aromatic heterocycles. The fourth-order valence-electron chi connectivity index (χ4n) is 0.610. The first kappa shape index (κ1) is 9.43. The van der Waals surface area contributed by atoms with Crippen LogP contribution in [0.5, 0.6) is 0 Å². The molecule has 0 aliphatic carbocycles. The maximum absolute atomic E-state index is 10.9. The Morgan fingerprint density at radius 1 is 1.50 bits per heavy atom. The highest BCUT2D eigenvalue weighted by Crippen LogP contribution is 1.78. The fourth-order valence-corrected chi connectivity index (χ4v) is 0.610. The minimum absolute atomic E-state index is 0.104. The fraction of sp³-hybridized carbons (Fsp3) is 0.857. The zero-order chi connectivity index (χ0) is 7.98. The van der Waals surface area contributed by atoms with Crippen LogP contribution in [0, 0.1) is 0 Å². The van der Waals surface area contributed by atoms with Gasteiger partial charge in [-0.05, 0) is 20.5 Å². The minimum Gasteiger partial charge on any atom is -0.355 e. The van der Waals surface area contributed by atoms with Crippen LogP contribution in [-0.2, 0) is 4.79 Å². The lowest BCUT2D eigenvalue weighted by atomic mass is 10.5. The summed E-state index contributed by atoms with van der Waals surface area (Å²) >= 11 is 0. The van der Waals surface area contributed by atoms with E-state index in [0.717, 1.165) is 13.1 Å². The van der Waals surface area contributed by atoms with Crippen LogP contribution in [0.2, 0.25) is 0 Å². The molecule has 3 nitrogen and oxygen atoms in total. The van der Waals surface area contributed by atoms with Gasteiger partial charge < -0.3 is 5.32 Å². The van der Waals surface area contributed by atoms with Crippen LogP contribution in [0.1, 0.15) is 13.8 Å². The van der Waals surface area contributed by atoms with E-state index in [-0.39, 0.29) is 5.91 Å². The van der Waals surface area contributed by atoms with Crippen LogP contribution in [0.25, 0.3) is 0 Å². The second-order valence-corrected chi connectivity index (χ2v) is 2.28. The van der Waals surface area contributed by atoms with E-state index >= 15 is 0 Å². The Hall–Kier alpha value is -0.570. The van der Waals surface area contributed by atoms with Gasteiger partial charge in [0.05, 0.1) is 6.54 Å². The highest BCUT2D eigenvalue weighted by Gasteiger charge is 2.01. The summed E-state index contributed by atoms with van der Waals surface area (Å²) < 4.78 is 0. The minimum atomic E-state index is 0.104. The van der Waals surface area contributed by atoms with Gasteiger partial charge in [-0.15, -0.1) is 0 Å². The monoisotopic (exact) mass is 144 g/mol. The first-order valence-electron chi connectivity index (χ1n) is 3.66. The van der Waals surface area contributed by atoms with Gasteiger partial charge in [0.2, 0.25) is 5.91 Å². The average molecular weight is 144 g/mol. The van der Waals surface area contributed by atoms with E-state index in [1.54, 1.807) is 0 Å². The summed E-state index contributed by atoms with van der Waals surface area (Å²) in [6.07, 6.45) is 0. The smallest absolute Gasteiger partial charge is 0.234 e. The van der Waals surface area contributed by atoms with Crippen molar-refractivity contribution in [3.05, 3.63) is 0 Å². The van der Waals surface area contributed by atoms with E-state index in [4.69, 9.17) is 0 Å². The summed E-state index contributed by atoms with van der Waals surface area (Å²) in [6, 6.07) is 0. The molecule has 1 N–H and O–H groups in total. The summed E-state index contributed by atoms with van der Waals surface area (Å²) in [5, 5.41) is 2.73. The van der Waals surface area contributed by atoms with Crippen molar-refractivity contribution >= 4 is 5.91 Å². The molecule has 10 heavy (non-hydrogen) atoms. The topological polar surface area (TPSA) is 32.3 Å². The molecule has 0 aromatic rings. The molecule has 0 aliphatic rings. The molecule has 0 fully saturated rings. The van der Waals surface area contributed by atoms with Gasteiger partial charge >= 0.3 is 0 Å². The third-order valence-corrected chi connectivity index (χ3v) is 1.33. The largest absolute Gasteiger partial charge is 0.355 e. The predicted octanol–water partition coefficient (Wildman–Crippen LogP) is 0.0742. The number of nitrogens with one attached hydrogen (secondary N) is 1. The van der Waals surface area contributed by atoms with E-state index in [1.165, 1.54) is 0 Å². The van der Waals surface area contributed by atoms with Crippen LogP contribution in [0.3, 0.4) is 0 Å². The molecule has 0 heterocycles. The quantitative estimate of drug-likeness (QED) is 0.605. The molecular formula is C7H16N2O. The maximum Gasteiger partial charge on any atom is 0.234 e. The second-order valence-electron chi connectivity index (χ2n) is 2.28. The Kier molecular flexibility index (Phi) is 4.94. The lowest BCUT2D eigenvalue weighted by molar-refractivity contribution is -0.121. The third-order valence-electron chi connectivity index (χ3n) is 1.33. The van der Waals surface area contributed by atoms with Crippen molar-refractivity contribution in [2.75, 3.05) is 26.7 Å². The number of carbonyl (C=O) groups excluding carboxylic acids is 1. The number of hydrogen-bond donors (Lipinski definition) is 1. The van der Waals surface area contributed by atoms with Gasteiger partial charge in [-0.25, -0.2) is 0 Å². The van der Waals surface area contributed by atoms with Crippen molar-refractivity contribution in [3.8, 4) is 0 Å². The Morgan fingerprint density at radius 2 is 2.10 bits per heavy atom. The summed E-state index contributed by atoms with van der Waals surface area (Å²) in [6.45, 7) is 6.08. The van der Waals surface area contributed by atoms with Crippen LogP contribution >= 0.6 is 0 Å². The van der Waals surface area contributed by atoms with Crippen molar-refractivity contribution in [1.29, 1.82) is 0 Å². The van der Waals surface area contributed by atoms with E-state index in [0.29, 0.717) is 6.54 Å². The van der Waals surface area contributed by atoms with Crippen molar-refractivity contribution in [2.24, 2.45) is 0 Å². The second kappa shape index (κ2) is 5.23. The van der Waals surface area contributed by atoms with Gasteiger partial charge in [0.1, 0.15) is 0 Å². The number of carbonyl (C=O) groups is 1. The molecular weight excluding hydrogens is 128 g/mol. The van der Waals surface area contributed by atoms with E-state index in [9.17, 15) is 4.79 Å². The molecule has 3 heteroatoms. The molecule has 0 spiro atoms. The van der Waals surface area contributed by atoms with Gasteiger partial charge in [-0.1, -0.05) is 6.92 Å². The van der Waals surface area contributed by atoms with Crippen molar-refractivity contribution in [1.82, 2.24) is 10.2 Å². The molecule has 0 atom stereocenters. The van der Waals surface area contributed by atoms with Gasteiger partial charge in [0.15, 0.2) is 0 Å². The van der Waals surface area contributed by atoms with E-state index < -0.39 is 0 Å². The molecule has 1 amide bonds.